The first-order valence-electron chi connectivity index (χ1n) is 6.91. The van der Waals surface area contributed by atoms with E-state index < -0.39 is 16.6 Å². The van der Waals surface area contributed by atoms with Crippen molar-refractivity contribution in [1.82, 2.24) is 4.98 Å². The van der Waals surface area contributed by atoms with Crippen molar-refractivity contribution in [3.8, 4) is 11.3 Å². The average Bonchev–Trinajstić information content (AvgIpc) is 3.03. The number of nitro groups is 1. The molecule has 9 heteroatoms. The number of aromatic nitrogens is 1. The van der Waals surface area contributed by atoms with Crippen molar-refractivity contribution in [3.63, 3.8) is 0 Å². The van der Waals surface area contributed by atoms with Gasteiger partial charge in [0.15, 0.2) is 5.13 Å². The highest BCUT2D eigenvalue weighted by Gasteiger charge is 2.14. The van der Waals surface area contributed by atoms with Gasteiger partial charge in [0.2, 0.25) is 0 Å². The van der Waals surface area contributed by atoms with Crippen molar-refractivity contribution in [3.05, 3.63) is 72.9 Å². The van der Waals surface area contributed by atoms with E-state index in [9.17, 15) is 19.3 Å². The second kappa shape index (κ2) is 7.23. The van der Waals surface area contributed by atoms with Gasteiger partial charge >= 0.3 is 0 Å². The van der Waals surface area contributed by atoms with Gasteiger partial charge in [0.25, 0.3) is 11.6 Å². The highest BCUT2D eigenvalue weighted by Crippen LogP contribution is 2.28. The van der Waals surface area contributed by atoms with E-state index in [1.54, 1.807) is 17.5 Å². The minimum absolute atomic E-state index is 0.0306. The lowest BCUT2D eigenvalue weighted by atomic mass is 10.1. The fraction of sp³-hybridized carbons (Fsp3) is 0. The van der Waals surface area contributed by atoms with E-state index in [4.69, 9.17) is 0 Å². The number of carbonyl (C=O) groups excluding carboxylic acids is 1. The fourth-order valence-corrected chi connectivity index (χ4v) is 3.52. The Labute approximate surface area is 159 Å². The van der Waals surface area contributed by atoms with Gasteiger partial charge in [-0.1, -0.05) is 12.1 Å². The molecule has 0 bridgehead atoms. The molecule has 1 amide bonds. The van der Waals surface area contributed by atoms with E-state index in [1.165, 1.54) is 41.7 Å². The third kappa shape index (κ3) is 3.99. The van der Waals surface area contributed by atoms with Gasteiger partial charge in [-0.3, -0.25) is 20.2 Å². The monoisotopic (exact) mass is 469 g/mol. The lowest BCUT2D eigenvalue weighted by molar-refractivity contribution is -0.384. The number of nitrogens with one attached hydrogen (secondary N) is 1. The summed E-state index contributed by atoms with van der Waals surface area (Å²) in [6.45, 7) is 0. The predicted molar refractivity (Wildman–Crippen MR) is 101 cm³/mol. The molecule has 126 valence electrons. The highest BCUT2D eigenvalue weighted by atomic mass is 127. The number of nitro benzene ring substituents is 1. The topological polar surface area (TPSA) is 85.1 Å². The number of rotatable bonds is 4. The van der Waals surface area contributed by atoms with Crippen LogP contribution in [0.2, 0.25) is 0 Å². The molecule has 0 aliphatic carbocycles. The molecular weight excluding hydrogens is 460 g/mol. The van der Waals surface area contributed by atoms with E-state index in [2.05, 4.69) is 10.3 Å². The summed E-state index contributed by atoms with van der Waals surface area (Å²) in [7, 11) is 0. The molecule has 0 aliphatic heterocycles. The van der Waals surface area contributed by atoms with E-state index >= 15 is 0 Å². The van der Waals surface area contributed by atoms with E-state index in [0.29, 0.717) is 25.5 Å². The number of non-ortho nitro benzene ring substituents is 1. The van der Waals surface area contributed by atoms with E-state index in [-0.39, 0.29) is 5.69 Å². The standard InChI is InChI=1S/C16H9FIN3O3S/c17-10-4-5-12(13(18)7-10)15(22)20-16-19-14(8-25-16)9-2-1-3-11(6-9)21(23)24/h1-8H,(H,19,20,22). The molecule has 1 heterocycles. The van der Waals surface area contributed by atoms with Crippen molar-refractivity contribution < 1.29 is 14.1 Å². The zero-order valence-electron chi connectivity index (χ0n) is 12.4. The van der Waals surface area contributed by atoms with Gasteiger partial charge in [-0.25, -0.2) is 9.37 Å². The Bertz CT molecular complexity index is 977. The number of hydrogen-bond acceptors (Lipinski definition) is 5. The summed E-state index contributed by atoms with van der Waals surface area (Å²) in [4.78, 5) is 26.9. The van der Waals surface area contributed by atoms with Crippen molar-refractivity contribution in [2.45, 2.75) is 0 Å². The Balaban J connectivity index is 1.81. The smallest absolute Gasteiger partial charge is 0.270 e. The van der Waals surface area contributed by atoms with Gasteiger partial charge in [-0.15, -0.1) is 11.3 Å². The lowest BCUT2D eigenvalue weighted by Crippen LogP contribution is -2.13. The van der Waals surface area contributed by atoms with Crippen LogP contribution in [0.5, 0.6) is 0 Å². The third-order valence-electron chi connectivity index (χ3n) is 3.25. The highest BCUT2D eigenvalue weighted by molar-refractivity contribution is 14.1. The molecule has 0 fully saturated rings. The normalized spacial score (nSPS) is 10.5. The zero-order valence-corrected chi connectivity index (χ0v) is 15.4. The van der Waals surface area contributed by atoms with Crippen LogP contribution >= 0.6 is 33.9 Å². The molecule has 0 aliphatic rings. The zero-order chi connectivity index (χ0) is 18.0. The minimum atomic E-state index is -0.477. The predicted octanol–water partition coefficient (Wildman–Crippen LogP) is 4.71. The van der Waals surface area contributed by atoms with Crippen molar-refractivity contribution in [2.75, 3.05) is 5.32 Å². The first-order chi connectivity index (χ1) is 11.9. The maximum atomic E-state index is 13.1. The number of benzene rings is 2. The van der Waals surface area contributed by atoms with Crippen LogP contribution in [0.4, 0.5) is 15.2 Å². The number of halogens is 2. The van der Waals surface area contributed by atoms with Crippen LogP contribution in [0.1, 0.15) is 10.4 Å². The Morgan fingerprint density at radius 3 is 2.80 bits per heavy atom. The summed E-state index contributed by atoms with van der Waals surface area (Å²) in [5, 5.41) is 15.6. The number of hydrogen-bond donors (Lipinski definition) is 1. The third-order valence-corrected chi connectivity index (χ3v) is 4.90. The summed E-state index contributed by atoms with van der Waals surface area (Å²) < 4.78 is 13.6. The van der Waals surface area contributed by atoms with Crippen LogP contribution in [-0.2, 0) is 0 Å². The second-order valence-electron chi connectivity index (χ2n) is 4.92. The Morgan fingerprint density at radius 1 is 1.28 bits per heavy atom. The van der Waals surface area contributed by atoms with Crippen LogP contribution in [0.15, 0.2) is 47.8 Å². The van der Waals surface area contributed by atoms with Gasteiger partial charge in [0, 0.05) is 26.6 Å². The number of nitrogens with zero attached hydrogens (tertiary/aromatic N) is 2. The summed E-state index contributed by atoms with van der Waals surface area (Å²) in [6, 6.07) is 9.99. The number of amides is 1. The molecule has 2 aromatic carbocycles. The maximum absolute atomic E-state index is 13.1. The molecule has 0 radical (unpaired) electrons. The molecule has 1 aromatic heterocycles. The molecule has 0 spiro atoms. The SMILES string of the molecule is O=C(Nc1nc(-c2cccc([N+](=O)[O-])c2)cs1)c1ccc(F)cc1I. The number of anilines is 1. The van der Waals surface area contributed by atoms with Crippen LogP contribution in [-0.4, -0.2) is 15.8 Å². The molecular formula is C16H9FIN3O3S. The summed E-state index contributed by atoms with van der Waals surface area (Å²) in [5.41, 5.74) is 1.42. The molecule has 25 heavy (non-hydrogen) atoms. The molecule has 1 N–H and O–H groups in total. The quantitative estimate of drug-likeness (QED) is 0.341. The molecule has 0 unspecified atom stereocenters. The Morgan fingerprint density at radius 2 is 2.08 bits per heavy atom. The molecule has 0 saturated carbocycles. The van der Waals surface area contributed by atoms with Gasteiger partial charge < -0.3 is 0 Å². The van der Waals surface area contributed by atoms with E-state index in [0.717, 1.165) is 0 Å². The Kier molecular flexibility index (Phi) is 5.04. The van der Waals surface area contributed by atoms with Crippen molar-refractivity contribution in [1.29, 1.82) is 0 Å². The molecule has 3 rings (SSSR count). The largest absolute Gasteiger partial charge is 0.298 e. The number of thiazole rings is 1. The minimum Gasteiger partial charge on any atom is -0.298 e. The Hall–Kier alpha value is -2.40. The molecule has 0 atom stereocenters. The second-order valence-corrected chi connectivity index (χ2v) is 6.94. The molecule has 6 nitrogen and oxygen atoms in total. The van der Waals surface area contributed by atoms with Gasteiger partial charge in [-0.2, -0.15) is 0 Å². The summed E-state index contributed by atoms with van der Waals surface area (Å²) in [6.07, 6.45) is 0. The first-order valence-corrected chi connectivity index (χ1v) is 8.86. The van der Waals surface area contributed by atoms with Gasteiger partial charge in [0.05, 0.1) is 16.2 Å². The lowest BCUT2D eigenvalue weighted by Gasteiger charge is -2.04. The van der Waals surface area contributed by atoms with E-state index in [1.807, 2.05) is 22.6 Å². The van der Waals surface area contributed by atoms with Crippen LogP contribution < -0.4 is 5.32 Å². The average molecular weight is 469 g/mol. The summed E-state index contributed by atoms with van der Waals surface area (Å²) >= 11 is 3.09. The van der Waals surface area contributed by atoms with Crippen LogP contribution in [0.25, 0.3) is 11.3 Å². The first kappa shape index (κ1) is 17.4. The van der Waals surface area contributed by atoms with Gasteiger partial charge in [0.1, 0.15) is 5.82 Å². The molecule has 0 saturated heterocycles. The van der Waals surface area contributed by atoms with Crippen LogP contribution in [0.3, 0.4) is 0 Å². The fourth-order valence-electron chi connectivity index (χ4n) is 2.08. The summed E-state index contributed by atoms with van der Waals surface area (Å²) in [5.74, 6) is -0.813. The molecule has 3 aromatic rings. The van der Waals surface area contributed by atoms with Gasteiger partial charge in [-0.05, 0) is 40.8 Å². The van der Waals surface area contributed by atoms with Crippen molar-refractivity contribution in [2.24, 2.45) is 0 Å². The maximum Gasteiger partial charge on any atom is 0.270 e. The van der Waals surface area contributed by atoms with Crippen molar-refractivity contribution >= 4 is 50.7 Å². The van der Waals surface area contributed by atoms with Crippen LogP contribution in [0, 0.1) is 19.5 Å². The number of carbonyl (C=O) groups is 1.